The van der Waals surface area contributed by atoms with Gasteiger partial charge in [0.15, 0.2) is 6.10 Å². The molecular formula is C62H102NO8P. The molecule has 408 valence electrons. The standard InChI is InChI=1S/C62H102NO8P/c1-3-5-7-9-11-13-15-17-19-21-23-24-25-26-27-28-29-30-31-32-33-34-35-36-37-39-41-43-45-47-49-51-53-55-62(65)71-60(59-70-72(66,67)69-57-56-63)58-68-61(64)54-52-50-48-46-44-42-40-38-22-20-18-16-14-12-10-8-6-4-2/h5,7,11,13-14,16-17,19-20,22-24,26-27,29-30,32-33,35-36,39,41,60H,3-4,6,8-10,12,15,18,21,25,28,31,34,37-38,40,42-59,63H2,1-2H3,(H,66,67)/b7-5-,13-11-,16-14-,19-17-,22-20-,24-23-,27-26-,30-29-,33-32-,36-35-,41-39-. The molecule has 10 heteroatoms. The highest BCUT2D eigenvalue weighted by Gasteiger charge is 2.26. The van der Waals surface area contributed by atoms with Crippen molar-refractivity contribution in [2.45, 2.75) is 219 Å². The third-order valence-corrected chi connectivity index (χ3v) is 12.3. The molecule has 0 radical (unpaired) electrons. The van der Waals surface area contributed by atoms with Crippen LogP contribution >= 0.6 is 7.82 Å². The van der Waals surface area contributed by atoms with Gasteiger partial charge in [-0.3, -0.25) is 18.6 Å². The number of rotatable bonds is 51. The van der Waals surface area contributed by atoms with Crippen molar-refractivity contribution in [3.8, 4) is 0 Å². The second-order valence-corrected chi connectivity index (χ2v) is 19.5. The average Bonchev–Trinajstić information content (AvgIpc) is 3.37. The molecule has 2 unspecified atom stereocenters. The highest BCUT2D eigenvalue weighted by molar-refractivity contribution is 7.47. The van der Waals surface area contributed by atoms with E-state index in [9.17, 15) is 19.0 Å². The molecule has 0 aliphatic carbocycles. The molecule has 0 aromatic carbocycles. The maximum Gasteiger partial charge on any atom is 0.472 e. The highest BCUT2D eigenvalue weighted by atomic mass is 31.2. The van der Waals surface area contributed by atoms with Crippen molar-refractivity contribution < 1.29 is 37.6 Å². The molecule has 9 nitrogen and oxygen atoms in total. The molecule has 0 aliphatic heterocycles. The summed E-state index contributed by atoms with van der Waals surface area (Å²) in [5, 5.41) is 0. The quantitative estimate of drug-likeness (QED) is 0.0264. The van der Waals surface area contributed by atoms with Gasteiger partial charge >= 0.3 is 19.8 Å². The number of carbonyl (C=O) groups excluding carboxylic acids is 2. The van der Waals surface area contributed by atoms with Crippen LogP contribution in [0.2, 0.25) is 0 Å². The van der Waals surface area contributed by atoms with Gasteiger partial charge in [0, 0.05) is 19.4 Å². The minimum Gasteiger partial charge on any atom is -0.462 e. The summed E-state index contributed by atoms with van der Waals surface area (Å²) in [5.41, 5.74) is 5.37. The van der Waals surface area contributed by atoms with Crippen LogP contribution in [0.3, 0.4) is 0 Å². The summed E-state index contributed by atoms with van der Waals surface area (Å²) in [6.45, 7) is 3.56. The lowest BCUT2D eigenvalue weighted by atomic mass is 10.1. The zero-order chi connectivity index (χ0) is 52.4. The van der Waals surface area contributed by atoms with Crippen LogP contribution in [0.15, 0.2) is 134 Å². The Morgan fingerprint density at radius 1 is 0.431 bits per heavy atom. The van der Waals surface area contributed by atoms with Crippen molar-refractivity contribution in [3.63, 3.8) is 0 Å². The molecule has 0 heterocycles. The Balaban J connectivity index is 4.11. The first kappa shape index (κ1) is 68.2. The van der Waals surface area contributed by atoms with Crippen LogP contribution < -0.4 is 5.73 Å². The molecule has 0 amide bonds. The van der Waals surface area contributed by atoms with E-state index in [-0.39, 0.29) is 32.6 Å². The Kier molecular flexibility index (Phi) is 53.4. The van der Waals surface area contributed by atoms with Crippen LogP contribution in [-0.2, 0) is 32.7 Å². The molecule has 0 aromatic rings. The fourth-order valence-corrected chi connectivity index (χ4v) is 7.89. The maximum atomic E-state index is 12.7. The van der Waals surface area contributed by atoms with E-state index in [1.807, 2.05) is 0 Å². The van der Waals surface area contributed by atoms with E-state index in [4.69, 9.17) is 24.3 Å². The molecule has 0 fully saturated rings. The topological polar surface area (TPSA) is 134 Å². The van der Waals surface area contributed by atoms with Gasteiger partial charge in [0.2, 0.25) is 0 Å². The summed E-state index contributed by atoms with van der Waals surface area (Å²) in [7, 11) is -4.40. The van der Waals surface area contributed by atoms with Gasteiger partial charge in [0.1, 0.15) is 6.61 Å². The Hall–Kier alpha value is -3.85. The molecule has 0 saturated carbocycles. The third-order valence-electron chi connectivity index (χ3n) is 11.3. The number of nitrogens with two attached hydrogens (primary N) is 1. The fraction of sp³-hybridized carbons (Fsp3) is 0.613. The Morgan fingerprint density at radius 2 is 0.764 bits per heavy atom. The van der Waals surface area contributed by atoms with Gasteiger partial charge in [-0.15, -0.1) is 0 Å². The van der Waals surface area contributed by atoms with E-state index in [0.717, 1.165) is 122 Å². The van der Waals surface area contributed by atoms with E-state index < -0.39 is 32.5 Å². The van der Waals surface area contributed by atoms with Crippen molar-refractivity contribution in [2.24, 2.45) is 5.73 Å². The maximum absolute atomic E-state index is 12.7. The Morgan fingerprint density at radius 3 is 1.14 bits per heavy atom. The summed E-state index contributed by atoms with van der Waals surface area (Å²) in [4.78, 5) is 35.1. The second-order valence-electron chi connectivity index (χ2n) is 18.1. The SMILES string of the molecule is CC/C=C\C/C=C\C/C=C\C/C=C\C/C=C\C/C=C\C/C=C\C/C=C\C/C=C\CCCCCCCC(=O)OC(COC(=O)CCCCCCCCC/C=C\C/C=C\CCCCCC)COP(=O)(O)OCCN. The number of esters is 2. The van der Waals surface area contributed by atoms with Crippen molar-refractivity contribution in [1.82, 2.24) is 0 Å². The van der Waals surface area contributed by atoms with Crippen LogP contribution in [0.1, 0.15) is 213 Å². The van der Waals surface area contributed by atoms with Gasteiger partial charge in [-0.2, -0.15) is 0 Å². The number of hydrogen-bond donors (Lipinski definition) is 2. The fourth-order valence-electron chi connectivity index (χ4n) is 7.13. The van der Waals surface area contributed by atoms with Gasteiger partial charge in [0.05, 0.1) is 13.2 Å². The highest BCUT2D eigenvalue weighted by Crippen LogP contribution is 2.43. The number of ether oxygens (including phenoxy) is 2. The van der Waals surface area contributed by atoms with Crippen molar-refractivity contribution in [3.05, 3.63) is 134 Å². The lowest BCUT2D eigenvalue weighted by Crippen LogP contribution is -2.29. The number of unbranched alkanes of at least 4 members (excludes halogenated alkanes) is 16. The number of carbonyl (C=O) groups is 2. The van der Waals surface area contributed by atoms with Crippen LogP contribution in [0.25, 0.3) is 0 Å². The van der Waals surface area contributed by atoms with Gasteiger partial charge in [0.25, 0.3) is 0 Å². The van der Waals surface area contributed by atoms with E-state index in [0.29, 0.717) is 12.8 Å². The monoisotopic (exact) mass is 1020 g/mol. The molecule has 0 spiro atoms. The third kappa shape index (κ3) is 55.5. The lowest BCUT2D eigenvalue weighted by molar-refractivity contribution is -0.161. The molecule has 0 bridgehead atoms. The molecule has 3 N–H and O–H groups in total. The smallest absolute Gasteiger partial charge is 0.462 e. The van der Waals surface area contributed by atoms with E-state index >= 15 is 0 Å². The van der Waals surface area contributed by atoms with Crippen molar-refractivity contribution in [1.29, 1.82) is 0 Å². The first-order valence-electron chi connectivity index (χ1n) is 28.2. The predicted octanol–water partition coefficient (Wildman–Crippen LogP) is 17.8. The average molecular weight is 1020 g/mol. The van der Waals surface area contributed by atoms with Gasteiger partial charge in [-0.25, -0.2) is 4.57 Å². The van der Waals surface area contributed by atoms with Crippen LogP contribution in [0.4, 0.5) is 0 Å². The first-order chi connectivity index (χ1) is 35.3. The summed E-state index contributed by atoms with van der Waals surface area (Å²) in [6.07, 6.45) is 79.2. The molecule has 0 saturated heterocycles. The van der Waals surface area contributed by atoms with Gasteiger partial charge < -0.3 is 20.1 Å². The zero-order valence-electron chi connectivity index (χ0n) is 45.4. The zero-order valence-corrected chi connectivity index (χ0v) is 46.3. The number of allylic oxidation sites excluding steroid dienone is 22. The number of phosphoric ester groups is 1. The summed E-state index contributed by atoms with van der Waals surface area (Å²) in [6, 6.07) is 0. The summed E-state index contributed by atoms with van der Waals surface area (Å²) in [5.74, 6) is -0.869. The first-order valence-corrected chi connectivity index (χ1v) is 29.7. The minimum absolute atomic E-state index is 0.0414. The van der Waals surface area contributed by atoms with Crippen molar-refractivity contribution in [2.75, 3.05) is 26.4 Å². The molecular weight excluding hydrogens is 918 g/mol. The molecule has 0 rings (SSSR count). The second kappa shape index (κ2) is 56.4. The van der Waals surface area contributed by atoms with E-state index in [1.165, 1.54) is 51.4 Å². The normalized spacial score (nSPS) is 14.1. The molecule has 0 aliphatic rings. The Labute approximate surface area is 440 Å². The molecule has 2 atom stereocenters. The van der Waals surface area contributed by atoms with Crippen LogP contribution in [-0.4, -0.2) is 49.3 Å². The predicted molar refractivity (Wildman–Crippen MR) is 307 cm³/mol. The molecule has 0 aromatic heterocycles. The summed E-state index contributed by atoms with van der Waals surface area (Å²) >= 11 is 0. The van der Waals surface area contributed by atoms with Gasteiger partial charge in [-0.1, -0.05) is 218 Å². The minimum atomic E-state index is -4.40. The van der Waals surface area contributed by atoms with Crippen LogP contribution in [0, 0.1) is 0 Å². The van der Waals surface area contributed by atoms with Crippen LogP contribution in [0.5, 0.6) is 0 Å². The lowest BCUT2D eigenvalue weighted by Gasteiger charge is -2.19. The Bertz CT molecular complexity index is 1630. The molecule has 72 heavy (non-hydrogen) atoms. The van der Waals surface area contributed by atoms with Gasteiger partial charge in [-0.05, 0) is 116 Å². The van der Waals surface area contributed by atoms with Crippen molar-refractivity contribution >= 4 is 19.8 Å². The number of hydrogen-bond acceptors (Lipinski definition) is 8. The number of phosphoric acid groups is 1. The van der Waals surface area contributed by atoms with E-state index in [2.05, 4.69) is 148 Å². The van der Waals surface area contributed by atoms with E-state index in [1.54, 1.807) is 0 Å². The largest absolute Gasteiger partial charge is 0.472 e. The summed E-state index contributed by atoms with van der Waals surface area (Å²) < 4.78 is 33.0.